The molecule has 3 rings (SSSR count). The fourth-order valence-corrected chi connectivity index (χ4v) is 3.45. The van der Waals surface area contributed by atoms with E-state index in [1.165, 1.54) is 6.92 Å². The van der Waals surface area contributed by atoms with Crippen LogP contribution in [0.4, 0.5) is 5.69 Å². The maximum absolute atomic E-state index is 12.1. The number of benzene rings is 1. The Labute approximate surface area is 146 Å². The second kappa shape index (κ2) is 6.77. The van der Waals surface area contributed by atoms with Crippen LogP contribution >= 0.6 is 11.6 Å². The summed E-state index contributed by atoms with van der Waals surface area (Å²) in [6, 6.07) is 5.55. The number of anilines is 1. The monoisotopic (exact) mass is 345 g/mol. The van der Waals surface area contributed by atoms with Crippen molar-refractivity contribution in [2.75, 3.05) is 18.0 Å². The van der Waals surface area contributed by atoms with Gasteiger partial charge in [0.2, 0.25) is 5.91 Å². The fraction of sp³-hybridized carbons (Fsp3) is 0.389. The molecule has 1 unspecified atom stereocenters. The number of rotatable bonds is 4. The van der Waals surface area contributed by atoms with Crippen LogP contribution in [0.15, 0.2) is 24.4 Å². The first-order valence-electron chi connectivity index (χ1n) is 8.13. The van der Waals surface area contributed by atoms with Crippen molar-refractivity contribution in [3.63, 3.8) is 0 Å². The first-order chi connectivity index (χ1) is 11.5. The topological polar surface area (TPSA) is 62.3 Å². The van der Waals surface area contributed by atoms with Gasteiger partial charge in [0.1, 0.15) is 0 Å². The van der Waals surface area contributed by atoms with Gasteiger partial charge < -0.3 is 10.2 Å². The number of ketones is 1. The minimum Gasteiger partial charge on any atom is -0.367 e. The van der Waals surface area contributed by atoms with Crippen LogP contribution in [-0.4, -0.2) is 35.8 Å². The summed E-state index contributed by atoms with van der Waals surface area (Å²) < 4.78 is 0. The quantitative estimate of drug-likeness (QED) is 0.864. The SMILES string of the molecule is CCC(=O)NC1CCN(c2c(C(C)=O)cc(Cl)c3cccnc23)C1. The normalized spacial score (nSPS) is 17.3. The number of hydrogen-bond acceptors (Lipinski definition) is 4. The molecule has 0 bridgehead atoms. The fourth-order valence-electron chi connectivity index (χ4n) is 3.19. The molecule has 1 saturated heterocycles. The van der Waals surface area contributed by atoms with Crippen molar-refractivity contribution in [2.24, 2.45) is 0 Å². The van der Waals surface area contributed by atoms with Crippen LogP contribution in [-0.2, 0) is 4.79 Å². The van der Waals surface area contributed by atoms with E-state index in [4.69, 9.17) is 11.6 Å². The van der Waals surface area contributed by atoms with Crippen LogP contribution in [0.1, 0.15) is 37.0 Å². The molecule has 1 aliphatic rings. The zero-order valence-corrected chi connectivity index (χ0v) is 14.6. The van der Waals surface area contributed by atoms with Crippen molar-refractivity contribution in [1.82, 2.24) is 10.3 Å². The van der Waals surface area contributed by atoms with Crippen molar-refractivity contribution >= 4 is 39.9 Å². The van der Waals surface area contributed by atoms with E-state index in [0.717, 1.165) is 29.6 Å². The maximum atomic E-state index is 12.1. The van der Waals surface area contributed by atoms with E-state index in [0.29, 0.717) is 23.6 Å². The first-order valence-corrected chi connectivity index (χ1v) is 8.51. The van der Waals surface area contributed by atoms with E-state index in [1.54, 1.807) is 12.3 Å². The number of nitrogens with one attached hydrogen (secondary N) is 1. The number of halogens is 1. The summed E-state index contributed by atoms with van der Waals surface area (Å²) in [6.45, 7) is 4.81. The Balaban J connectivity index is 2.02. The number of nitrogens with zero attached hydrogens (tertiary/aromatic N) is 2. The number of hydrogen-bond donors (Lipinski definition) is 1. The van der Waals surface area contributed by atoms with Crippen molar-refractivity contribution in [1.29, 1.82) is 0 Å². The standard InChI is InChI=1S/C18H20ClN3O2/c1-3-16(24)21-12-6-8-22(10-12)18-14(11(2)23)9-15(19)13-5-4-7-20-17(13)18/h4-5,7,9,12H,3,6,8,10H2,1-2H3,(H,21,24). The van der Waals surface area contributed by atoms with Crippen molar-refractivity contribution in [3.8, 4) is 0 Å². The van der Waals surface area contributed by atoms with Crippen LogP contribution in [0.3, 0.4) is 0 Å². The molecule has 1 atom stereocenters. The third-order valence-electron chi connectivity index (χ3n) is 4.39. The molecular weight excluding hydrogens is 326 g/mol. The molecule has 0 aliphatic carbocycles. The lowest BCUT2D eigenvalue weighted by molar-refractivity contribution is -0.121. The van der Waals surface area contributed by atoms with Gasteiger partial charge in [0.25, 0.3) is 0 Å². The zero-order chi connectivity index (χ0) is 17.3. The highest BCUT2D eigenvalue weighted by molar-refractivity contribution is 6.36. The molecule has 2 heterocycles. The van der Waals surface area contributed by atoms with Gasteiger partial charge in [0, 0.05) is 42.7 Å². The Morgan fingerprint density at radius 1 is 1.46 bits per heavy atom. The van der Waals surface area contributed by atoms with E-state index < -0.39 is 0 Å². The summed E-state index contributed by atoms with van der Waals surface area (Å²) in [6.07, 6.45) is 3.03. The Hall–Kier alpha value is -2.14. The third-order valence-corrected chi connectivity index (χ3v) is 4.70. The van der Waals surface area contributed by atoms with Gasteiger partial charge in [-0.15, -0.1) is 0 Å². The Morgan fingerprint density at radius 2 is 2.25 bits per heavy atom. The molecule has 24 heavy (non-hydrogen) atoms. The Morgan fingerprint density at radius 3 is 2.96 bits per heavy atom. The maximum Gasteiger partial charge on any atom is 0.219 e. The second-order valence-corrected chi connectivity index (χ2v) is 6.47. The number of fused-ring (bicyclic) bond motifs is 1. The molecular formula is C18H20ClN3O2. The van der Waals surface area contributed by atoms with E-state index in [1.807, 2.05) is 19.1 Å². The zero-order valence-electron chi connectivity index (χ0n) is 13.8. The summed E-state index contributed by atoms with van der Waals surface area (Å²) in [5.41, 5.74) is 2.13. The third kappa shape index (κ3) is 3.08. The van der Waals surface area contributed by atoms with E-state index in [2.05, 4.69) is 15.2 Å². The average Bonchev–Trinajstić information content (AvgIpc) is 3.02. The molecule has 0 radical (unpaired) electrons. The van der Waals surface area contributed by atoms with Gasteiger partial charge in [-0.3, -0.25) is 14.6 Å². The minimum atomic E-state index is -0.0412. The van der Waals surface area contributed by atoms with Gasteiger partial charge >= 0.3 is 0 Å². The molecule has 6 heteroatoms. The van der Waals surface area contributed by atoms with E-state index >= 15 is 0 Å². The van der Waals surface area contributed by atoms with Crippen molar-refractivity contribution in [2.45, 2.75) is 32.7 Å². The predicted octanol–water partition coefficient (Wildman–Crippen LogP) is 3.20. The first kappa shape index (κ1) is 16.7. The van der Waals surface area contributed by atoms with Crippen LogP contribution in [0.25, 0.3) is 10.9 Å². The number of Topliss-reactive ketones (excluding diaryl/α,β-unsaturated/α-hetero) is 1. The number of carbonyl (C=O) groups excluding carboxylic acids is 2. The number of carbonyl (C=O) groups is 2. The highest BCUT2D eigenvalue weighted by atomic mass is 35.5. The van der Waals surface area contributed by atoms with Gasteiger partial charge in [-0.2, -0.15) is 0 Å². The lowest BCUT2D eigenvalue weighted by Gasteiger charge is -2.23. The molecule has 1 aromatic carbocycles. The molecule has 1 amide bonds. The number of pyridine rings is 1. The van der Waals surface area contributed by atoms with Crippen LogP contribution in [0.5, 0.6) is 0 Å². The van der Waals surface area contributed by atoms with Gasteiger partial charge in [-0.25, -0.2) is 0 Å². The molecule has 0 spiro atoms. The highest BCUT2D eigenvalue weighted by Gasteiger charge is 2.28. The summed E-state index contributed by atoms with van der Waals surface area (Å²) in [5, 5.41) is 4.39. The molecule has 2 aromatic rings. The second-order valence-electron chi connectivity index (χ2n) is 6.06. The Bertz CT molecular complexity index is 806. The van der Waals surface area contributed by atoms with Crippen LogP contribution in [0.2, 0.25) is 5.02 Å². The smallest absolute Gasteiger partial charge is 0.219 e. The van der Waals surface area contributed by atoms with Gasteiger partial charge in [0.05, 0.1) is 16.2 Å². The summed E-state index contributed by atoms with van der Waals surface area (Å²) >= 11 is 6.33. The predicted molar refractivity (Wildman–Crippen MR) is 95.8 cm³/mol. The van der Waals surface area contributed by atoms with E-state index in [9.17, 15) is 9.59 Å². The summed E-state index contributed by atoms with van der Waals surface area (Å²) in [7, 11) is 0. The average molecular weight is 346 g/mol. The molecule has 1 aliphatic heterocycles. The lowest BCUT2D eigenvalue weighted by Crippen LogP contribution is -2.36. The number of aromatic nitrogens is 1. The Kier molecular flexibility index (Phi) is 4.71. The van der Waals surface area contributed by atoms with Crippen LogP contribution in [0, 0.1) is 0 Å². The minimum absolute atomic E-state index is 0.0412. The van der Waals surface area contributed by atoms with E-state index in [-0.39, 0.29) is 17.7 Å². The molecule has 1 fully saturated rings. The molecule has 1 N–H and O–H groups in total. The molecule has 0 saturated carbocycles. The molecule has 126 valence electrons. The molecule has 1 aromatic heterocycles. The largest absolute Gasteiger partial charge is 0.367 e. The van der Waals surface area contributed by atoms with Gasteiger partial charge in [0.15, 0.2) is 5.78 Å². The van der Waals surface area contributed by atoms with Gasteiger partial charge in [-0.1, -0.05) is 18.5 Å². The highest BCUT2D eigenvalue weighted by Crippen LogP contribution is 2.36. The summed E-state index contributed by atoms with van der Waals surface area (Å²) in [4.78, 5) is 30.4. The van der Waals surface area contributed by atoms with Crippen molar-refractivity contribution < 1.29 is 9.59 Å². The molecule has 5 nitrogen and oxygen atoms in total. The number of amides is 1. The van der Waals surface area contributed by atoms with Gasteiger partial charge in [-0.05, 0) is 31.5 Å². The lowest BCUT2D eigenvalue weighted by atomic mass is 10.0. The van der Waals surface area contributed by atoms with Crippen LogP contribution < -0.4 is 10.2 Å². The van der Waals surface area contributed by atoms with Crippen molar-refractivity contribution in [3.05, 3.63) is 35.0 Å². The summed E-state index contributed by atoms with van der Waals surface area (Å²) in [5.74, 6) is 0.00762.